The normalized spacial score (nSPS) is 10.3. The van der Waals surface area contributed by atoms with Gasteiger partial charge in [0.15, 0.2) is 0 Å². The molecule has 0 atom stereocenters. The standard InChI is InChI=1S/C6H6O3S.Pt/c7-10(8,9)6-4-2-1-3-5-6;/h1-5H,(H,7,8,9);. The van der Waals surface area contributed by atoms with Gasteiger partial charge in [-0.1, -0.05) is 18.2 Å². The second-order valence-electron chi connectivity index (χ2n) is 1.79. The van der Waals surface area contributed by atoms with E-state index in [2.05, 4.69) is 0 Å². The summed E-state index contributed by atoms with van der Waals surface area (Å²) in [7, 11) is -4.00. The third-order valence-electron chi connectivity index (χ3n) is 1.04. The molecule has 1 rings (SSSR count). The van der Waals surface area contributed by atoms with Gasteiger partial charge in [0.25, 0.3) is 10.1 Å². The maximum atomic E-state index is 10.4. The molecular formula is C6H6O3PtS. The molecule has 0 heterocycles. The van der Waals surface area contributed by atoms with Crippen molar-refractivity contribution in [1.29, 1.82) is 0 Å². The van der Waals surface area contributed by atoms with E-state index >= 15 is 0 Å². The minimum absolute atomic E-state index is 0. The van der Waals surface area contributed by atoms with E-state index in [1.807, 2.05) is 0 Å². The first-order valence-corrected chi connectivity index (χ1v) is 4.07. The fraction of sp³-hybridized carbons (Fsp3) is 0. The molecule has 0 aliphatic carbocycles. The van der Waals surface area contributed by atoms with Crippen LogP contribution in [0.15, 0.2) is 35.2 Å². The maximum Gasteiger partial charge on any atom is 0.294 e. The van der Waals surface area contributed by atoms with Gasteiger partial charge in [-0.2, -0.15) is 8.42 Å². The Morgan fingerprint density at radius 3 is 1.82 bits per heavy atom. The van der Waals surface area contributed by atoms with Crippen molar-refractivity contribution in [1.82, 2.24) is 0 Å². The van der Waals surface area contributed by atoms with Crippen molar-refractivity contribution in [3.8, 4) is 0 Å². The van der Waals surface area contributed by atoms with Crippen molar-refractivity contribution < 1.29 is 34.0 Å². The van der Waals surface area contributed by atoms with E-state index in [1.54, 1.807) is 18.2 Å². The average Bonchev–Trinajstić information content (AvgIpc) is 1.88. The molecule has 0 aliphatic heterocycles. The summed E-state index contributed by atoms with van der Waals surface area (Å²) >= 11 is 0. The van der Waals surface area contributed by atoms with E-state index in [1.165, 1.54) is 12.1 Å². The zero-order valence-electron chi connectivity index (χ0n) is 5.37. The van der Waals surface area contributed by atoms with Gasteiger partial charge in [-0.3, -0.25) is 4.55 Å². The van der Waals surface area contributed by atoms with E-state index in [-0.39, 0.29) is 26.0 Å². The summed E-state index contributed by atoms with van der Waals surface area (Å²) in [5, 5.41) is 0. The van der Waals surface area contributed by atoms with Crippen molar-refractivity contribution in [2.45, 2.75) is 4.90 Å². The van der Waals surface area contributed by atoms with Crippen LogP contribution in [0.2, 0.25) is 0 Å². The summed E-state index contributed by atoms with van der Waals surface area (Å²) in [6.45, 7) is 0. The zero-order chi connectivity index (χ0) is 7.61. The van der Waals surface area contributed by atoms with Crippen LogP contribution in [-0.4, -0.2) is 13.0 Å². The van der Waals surface area contributed by atoms with Crippen LogP contribution in [0.4, 0.5) is 0 Å². The summed E-state index contributed by atoms with van der Waals surface area (Å²) < 4.78 is 29.2. The van der Waals surface area contributed by atoms with Crippen molar-refractivity contribution in [3.63, 3.8) is 0 Å². The smallest absolute Gasteiger partial charge is 0.282 e. The van der Waals surface area contributed by atoms with Crippen LogP contribution in [0, 0.1) is 0 Å². The molecule has 1 aromatic carbocycles. The minimum atomic E-state index is -4.00. The molecule has 0 amide bonds. The fourth-order valence-corrected chi connectivity index (χ4v) is 1.09. The van der Waals surface area contributed by atoms with Gasteiger partial charge in [-0.15, -0.1) is 0 Å². The van der Waals surface area contributed by atoms with Crippen molar-refractivity contribution in [3.05, 3.63) is 30.3 Å². The van der Waals surface area contributed by atoms with Crippen LogP contribution >= 0.6 is 0 Å². The average molecular weight is 353 g/mol. The Hall–Kier alpha value is -0.182. The second-order valence-corrected chi connectivity index (χ2v) is 3.21. The first-order valence-electron chi connectivity index (χ1n) is 2.63. The van der Waals surface area contributed by atoms with E-state index in [9.17, 15) is 8.42 Å². The summed E-state index contributed by atoms with van der Waals surface area (Å²) in [5.74, 6) is 0. The predicted molar refractivity (Wildman–Crippen MR) is 36.3 cm³/mol. The predicted octanol–water partition coefficient (Wildman–Crippen LogP) is 0.931. The molecule has 0 saturated heterocycles. The van der Waals surface area contributed by atoms with Crippen LogP contribution in [0.1, 0.15) is 0 Å². The molecule has 1 N–H and O–H groups in total. The molecule has 64 valence electrons. The summed E-state index contributed by atoms with van der Waals surface area (Å²) in [5.41, 5.74) is 0. The van der Waals surface area contributed by atoms with Gasteiger partial charge < -0.3 is 0 Å². The third kappa shape index (κ3) is 3.14. The Morgan fingerprint density at radius 1 is 1.09 bits per heavy atom. The topological polar surface area (TPSA) is 54.4 Å². The van der Waals surface area contributed by atoms with Gasteiger partial charge in [-0.05, 0) is 12.1 Å². The number of rotatable bonds is 1. The molecule has 0 aromatic heterocycles. The summed E-state index contributed by atoms with van der Waals surface area (Å²) in [6, 6.07) is 7.42. The van der Waals surface area contributed by atoms with Crippen molar-refractivity contribution in [2.75, 3.05) is 0 Å². The van der Waals surface area contributed by atoms with E-state index < -0.39 is 10.1 Å². The molecule has 1 aromatic rings. The fourth-order valence-electron chi connectivity index (χ4n) is 0.592. The Bertz CT molecular complexity index is 306. The monoisotopic (exact) mass is 353 g/mol. The Balaban J connectivity index is 0.000001000. The Labute approximate surface area is 79.4 Å². The molecule has 0 spiro atoms. The molecule has 3 nitrogen and oxygen atoms in total. The largest absolute Gasteiger partial charge is 0.294 e. The minimum Gasteiger partial charge on any atom is -0.282 e. The number of benzene rings is 1. The third-order valence-corrected chi connectivity index (χ3v) is 1.91. The maximum absolute atomic E-state index is 10.4. The molecule has 0 unspecified atom stereocenters. The molecule has 0 bridgehead atoms. The second kappa shape index (κ2) is 4.00. The van der Waals surface area contributed by atoms with E-state index in [4.69, 9.17) is 4.55 Å². The number of hydrogen-bond acceptors (Lipinski definition) is 2. The Kier molecular flexibility index (Phi) is 3.93. The summed E-state index contributed by atoms with van der Waals surface area (Å²) in [6.07, 6.45) is 0. The SMILES string of the molecule is O=S(=O)(O)c1ccccc1.[Pt]. The molecule has 0 saturated carbocycles. The molecule has 5 heteroatoms. The molecule has 11 heavy (non-hydrogen) atoms. The Morgan fingerprint density at radius 2 is 1.55 bits per heavy atom. The van der Waals surface area contributed by atoms with E-state index in [0.717, 1.165) is 0 Å². The first kappa shape index (κ1) is 10.8. The van der Waals surface area contributed by atoms with Gasteiger partial charge in [0.2, 0.25) is 0 Å². The zero-order valence-corrected chi connectivity index (χ0v) is 8.46. The van der Waals surface area contributed by atoms with Gasteiger partial charge in [0, 0.05) is 21.1 Å². The van der Waals surface area contributed by atoms with Gasteiger partial charge in [0.05, 0.1) is 4.90 Å². The molecular weight excluding hydrogens is 347 g/mol. The van der Waals surface area contributed by atoms with Crippen LogP contribution in [-0.2, 0) is 31.2 Å². The summed E-state index contributed by atoms with van der Waals surface area (Å²) in [4.78, 5) is -0.0741. The van der Waals surface area contributed by atoms with E-state index in [0.29, 0.717) is 0 Å². The first-order chi connectivity index (χ1) is 4.61. The quantitative estimate of drug-likeness (QED) is 0.765. The van der Waals surface area contributed by atoms with Gasteiger partial charge in [0.1, 0.15) is 0 Å². The number of hydrogen-bond donors (Lipinski definition) is 1. The molecule has 0 radical (unpaired) electrons. The molecule has 0 fully saturated rings. The van der Waals surface area contributed by atoms with Crippen LogP contribution in [0.3, 0.4) is 0 Å². The van der Waals surface area contributed by atoms with Crippen LogP contribution < -0.4 is 0 Å². The molecule has 0 aliphatic rings. The van der Waals surface area contributed by atoms with Crippen LogP contribution in [0.5, 0.6) is 0 Å². The van der Waals surface area contributed by atoms with Crippen molar-refractivity contribution >= 4 is 10.1 Å². The van der Waals surface area contributed by atoms with Crippen molar-refractivity contribution in [2.24, 2.45) is 0 Å². The van der Waals surface area contributed by atoms with Gasteiger partial charge >= 0.3 is 0 Å². The van der Waals surface area contributed by atoms with Gasteiger partial charge in [-0.25, -0.2) is 0 Å². The van der Waals surface area contributed by atoms with Crippen LogP contribution in [0.25, 0.3) is 0 Å².